The predicted molar refractivity (Wildman–Crippen MR) is 139 cm³/mol. The van der Waals surface area contributed by atoms with E-state index >= 15 is 0 Å². The first-order valence-corrected chi connectivity index (χ1v) is 15.6. The van der Waals surface area contributed by atoms with Gasteiger partial charge in [-0.3, -0.25) is 18.4 Å². The van der Waals surface area contributed by atoms with E-state index in [1.165, 1.54) is 40.0 Å². The number of carbonyl (C=O) groups is 1. The molecule has 3 aromatic rings. The number of anilines is 1. The van der Waals surface area contributed by atoms with Crippen LogP contribution in [-0.4, -0.2) is 105 Å². The Morgan fingerprint density at radius 2 is 1.61 bits per heavy atom. The largest absolute Gasteiger partial charge is 0.481 e. The van der Waals surface area contributed by atoms with Gasteiger partial charge < -0.3 is 51.2 Å². The SMILES string of the molecule is NC(=O)c1ccc[n+]([C@@H]2O[C@H](COP(=O)(O)OP(=O)(O)OC[C@H]3O[C@@H](n4cnc5c(N)ncnc54)[C@H](O)[C@H]3O)[C@H](O)[C@@H]2O)c1. The summed E-state index contributed by atoms with van der Waals surface area (Å²) in [5.41, 5.74) is 11.4. The number of ether oxygens (including phenoxy) is 2. The number of pyridine rings is 1. The maximum absolute atomic E-state index is 12.4. The average Bonchev–Trinajstić information content (AvgIpc) is 3.61. The fraction of sp³-hybridized carbons (Fsp3) is 0.476. The summed E-state index contributed by atoms with van der Waals surface area (Å²) in [5.74, 6) is -0.714. The number of nitrogen functional groups attached to an aromatic ring is 1. The van der Waals surface area contributed by atoms with Gasteiger partial charge in [-0.2, -0.15) is 8.88 Å². The Morgan fingerprint density at radius 1 is 0.977 bits per heavy atom. The number of aliphatic hydroxyl groups excluding tert-OH is 4. The molecular formula is C21H28N7O14P2+. The number of amides is 1. The van der Waals surface area contributed by atoms with Crippen molar-refractivity contribution in [3.8, 4) is 0 Å². The molecule has 2 aliphatic rings. The quantitative estimate of drug-likeness (QED) is 0.0747. The van der Waals surface area contributed by atoms with Crippen molar-refractivity contribution in [3.05, 3.63) is 42.7 Å². The number of phosphoric acid groups is 2. The van der Waals surface area contributed by atoms with E-state index in [0.717, 1.165) is 6.33 Å². The molecule has 10 N–H and O–H groups in total. The van der Waals surface area contributed by atoms with Crippen LogP contribution in [0.25, 0.3) is 11.2 Å². The second-order valence-corrected chi connectivity index (χ2v) is 12.7. The Bertz CT molecular complexity index is 1630. The molecule has 2 fully saturated rings. The lowest BCUT2D eigenvalue weighted by Crippen LogP contribution is -2.46. The second-order valence-electron chi connectivity index (χ2n) is 9.69. The molecule has 5 rings (SSSR count). The van der Waals surface area contributed by atoms with Gasteiger partial charge in [0.25, 0.3) is 12.1 Å². The molecule has 0 radical (unpaired) electrons. The van der Waals surface area contributed by atoms with Gasteiger partial charge in [-0.05, 0) is 6.07 Å². The number of rotatable bonds is 11. The molecule has 10 atom stereocenters. The molecule has 2 saturated heterocycles. The third kappa shape index (κ3) is 6.65. The van der Waals surface area contributed by atoms with Crippen molar-refractivity contribution in [1.29, 1.82) is 0 Å². The molecule has 0 saturated carbocycles. The summed E-state index contributed by atoms with van der Waals surface area (Å²) in [6, 6.07) is 2.83. The molecule has 2 aliphatic heterocycles. The number of aromatic nitrogens is 5. The highest BCUT2D eigenvalue weighted by Crippen LogP contribution is 2.60. The lowest BCUT2D eigenvalue weighted by Gasteiger charge is -2.20. The molecule has 44 heavy (non-hydrogen) atoms. The van der Waals surface area contributed by atoms with Gasteiger partial charge in [0.05, 0.1) is 19.5 Å². The number of hydrogen-bond donors (Lipinski definition) is 8. The topological polar surface area (TPSA) is 318 Å². The van der Waals surface area contributed by atoms with Crippen LogP contribution >= 0.6 is 15.6 Å². The minimum absolute atomic E-state index is 0.0505. The van der Waals surface area contributed by atoms with Crippen molar-refractivity contribution in [1.82, 2.24) is 19.5 Å². The van der Waals surface area contributed by atoms with Crippen LogP contribution in [0.15, 0.2) is 37.2 Å². The van der Waals surface area contributed by atoms with E-state index in [1.807, 2.05) is 0 Å². The van der Waals surface area contributed by atoms with Crippen molar-refractivity contribution in [2.24, 2.45) is 5.73 Å². The third-order valence-corrected chi connectivity index (χ3v) is 9.35. The highest BCUT2D eigenvalue weighted by Gasteiger charge is 2.50. The summed E-state index contributed by atoms with van der Waals surface area (Å²) in [6.45, 7) is -1.80. The van der Waals surface area contributed by atoms with Crippen LogP contribution in [-0.2, 0) is 32.0 Å². The molecule has 3 aromatic heterocycles. The van der Waals surface area contributed by atoms with Crippen LogP contribution in [0.1, 0.15) is 22.8 Å². The van der Waals surface area contributed by atoms with Gasteiger partial charge in [-0.1, -0.05) is 0 Å². The number of fused-ring (bicyclic) bond motifs is 1. The lowest BCUT2D eigenvalue weighted by atomic mass is 10.1. The molecule has 5 heterocycles. The summed E-state index contributed by atoms with van der Waals surface area (Å²) >= 11 is 0. The molecule has 0 bridgehead atoms. The minimum Gasteiger partial charge on any atom is -0.387 e. The highest BCUT2D eigenvalue weighted by molar-refractivity contribution is 7.61. The number of phosphoric ester groups is 2. The van der Waals surface area contributed by atoms with Crippen molar-refractivity contribution in [2.75, 3.05) is 18.9 Å². The molecule has 2 unspecified atom stereocenters. The zero-order chi connectivity index (χ0) is 32.0. The van der Waals surface area contributed by atoms with Gasteiger partial charge in [0.15, 0.2) is 36.2 Å². The van der Waals surface area contributed by atoms with E-state index in [4.69, 9.17) is 25.5 Å². The smallest absolute Gasteiger partial charge is 0.387 e. The van der Waals surface area contributed by atoms with E-state index in [1.54, 1.807) is 0 Å². The van der Waals surface area contributed by atoms with Crippen LogP contribution in [0.2, 0.25) is 0 Å². The first kappa shape index (κ1) is 32.4. The maximum atomic E-state index is 12.4. The summed E-state index contributed by atoms with van der Waals surface area (Å²) in [4.78, 5) is 43.3. The van der Waals surface area contributed by atoms with Gasteiger partial charge in [0, 0.05) is 6.07 Å². The second kappa shape index (κ2) is 12.4. The lowest BCUT2D eigenvalue weighted by molar-refractivity contribution is -0.765. The van der Waals surface area contributed by atoms with Crippen LogP contribution in [0.3, 0.4) is 0 Å². The molecule has 1 amide bonds. The molecular weight excluding hydrogens is 636 g/mol. The average molecular weight is 664 g/mol. The fourth-order valence-electron chi connectivity index (χ4n) is 4.58. The van der Waals surface area contributed by atoms with E-state index in [0.29, 0.717) is 0 Å². The third-order valence-electron chi connectivity index (χ3n) is 6.75. The zero-order valence-corrected chi connectivity index (χ0v) is 24.0. The van der Waals surface area contributed by atoms with Crippen LogP contribution in [0.4, 0.5) is 5.82 Å². The number of imidazole rings is 1. The normalized spacial score (nSPS) is 31.6. The first-order chi connectivity index (χ1) is 20.7. The number of primary amides is 1. The van der Waals surface area contributed by atoms with Gasteiger partial charge >= 0.3 is 15.6 Å². The summed E-state index contributed by atoms with van der Waals surface area (Å²) in [7, 11) is -10.7. The van der Waals surface area contributed by atoms with E-state index in [2.05, 4.69) is 23.8 Å². The van der Waals surface area contributed by atoms with Crippen LogP contribution in [0.5, 0.6) is 0 Å². The molecule has 0 spiro atoms. The summed E-state index contributed by atoms with van der Waals surface area (Å²) in [6.07, 6.45) is -6.85. The molecule has 0 aromatic carbocycles. The van der Waals surface area contributed by atoms with Crippen molar-refractivity contribution < 1.29 is 71.5 Å². The number of nitrogens with two attached hydrogens (primary N) is 2. The molecule has 0 aliphatic carbocycles. The van der Waals surface area contributed by atoms with E-state index in [-0.39, 0.29) is 22.5 Å². The molecule has 23 heteroatoms. The van der Waals surface area contributed by atoms with Crippen molar-refractivity contribution in [3.63, 3.8) is 0 Å². The Morgan fingerprint density at radius 3 is 2.27 bits per heavy atom. The number of carbonyl (C=O) groups excluding carboxylic acids is 1. The Balaban J connectivity index is 1.16. The highest BCUT2D eigenvalue weighted by atomic mass is 31.3. The van der Waals surface area contributed by atoms with Gasteiger partial charge in [0.1, 0.15) is 47.9 Å². The van der Waals surface area contributed by atoms with E-state index < -0.39 is 83.8 Å². The Hall–Kier alpha value is -3.01. The minimum atomic E-state index is -5.37. The zero-order valence-electron chi connectivity index (χ0n) is 22.2. The van der Waals surface area contributed by atoms with E-state index in [9.17, 15) is 44.1 Å². The number of aliphatic hydroxyl groups is 4. The van der Waals surface area contributed by atoms with Gasteiger partial charge in [0.2, 0.25) is 0 Å². The van der Waals surface area contributed by atoms with Crippen LogP contribution in [0, 0.1) is 0 Å². The fourth-order valence-corrected chi connectivity index (χ4v) is 6.67. The Labute approximate surface area is 246 Å². The summed E-state index contributed by atoms with van der Waals surface area (Å²) < 4.78 is 52.0. The monoisotopic (exact) mass is 664 g/mol. The molecule has 21 nitrogen and oxygen atoms in total. The standard InChI is InChI=1S/C21H27N7O14P2/c22-17-12-19(25-7-24-17)28(8-26-12)21-16(32)14(30)11(41-21)6-39-44(36,37)42-43(34,35)38-5-10-13(29)15(31)20(40-10)27-3-1-2-9(4-27)18(23)33/h1-4,7-8,10-11,13-16,20-21,29-32H,5-6H2,(H5-,22,23,24,25,33,34,35,36,37)/p+1/t10-,11-,13+,14+,15+,16-,20-,21-/m1/s1. The van der Waals surface area contributed by atoms with Crippen LogP contribution < -0.4 is 16.0 Å². The van der Waals surface area contributed by atoms with Gasteiger partial charge in [-0.25, -0.2) is 24.1 Å². The number of nitrogens with zero attached hydrogens (tertiary/aromatic N) is 5. The summed E-state index contributed by atoms with van der Waals surface area (Å²) in [5, 5.41) is 41.6. The van der Waals surface area contributed by atoms with Crippen molar-refractivity contribution >= 4 is 38.5 Å². The van der Waals surface area contributed by atoms with Crippen molar-refractivity contribution in [2.45, 2.75) is 49.1 Å². The first-order valence-electron chi connectivity index (χ1n) is 12.6. The Kier molecular flexibility index (Phi) is 9.13. The number of hydrogen-bond acceptors (Lipinski definition) is 16. The maximum Gasteiger partial charge on any atom is 0.481 e. The molecule has 240 valence electrons. The van der Waals surface area contributed by atoms with Gasteiger partial charge in [-0.15, -0.1) is 0 Å². The predicted octanol–water partition coefficient (Wildman–Crippen LogP) is -3.02.